The molecule has 0 aliphatic carbocycles. The maximum atomic E-state index is 13.1. The maximum absolute atomic E-state index is 13.1. The minimum Gasteiger partial charge on any atom is -0.332 e. The van der Waals surface area contributed by atoms with Crippen LogP contribution in [0, 0.1) is 0 Å². The lowest BCUT2D eigenvalue weighted by atomic mass is 10.0. The van der Waals surface area contributed by atoms with E-state index in [4.69, 9.17) is 0 Å². The zero-order valence-electron chi connectivity index (χ0n) is 17.3. The molecule has 2 aromatic rings. The van der Waals surface area contributed by atoms with Gasteiger partial charge in [-0.25, -0.2) is 0 Å². The van der Waals surface area contributed by atoms with Gasteiger partial charge in [-0.15, -0.1) is 0 Å². The minimum atomic E-state index is -0.306. The van der Waals surface area contributed by atoms with Gasteiger partial charge in [-0.2, -0.15) is 0 Å². The zero-order valence-corrected chi connectivity index (χ0v) is 17.3. The number of amides is 3. The highest BCUT2D eigenvalue weighted by molar-refractivity contribution is 6.06. The first-order chi connectivity index (χ1) is 13.8. The Balaban J connectivity index is 1.78. The van der Waals surface area contributed by atoms with E-state index in [0.717, 1.165) is 5.56 Å². The Hall–Kier alpha value is -3.15. The van der Waals surface area contributed by atoms with Gasteiger partial charge in [0.15, 0.2) is 0 Å². The third-order valence-electron chi connectivity index (χ3n) is 5.17. The topological polar surface area (TPSA) is 69.7 Å². The van der Waals surface area contributed by atoms with Crippen LogP contribution in [0.4, 0.5) is 11.4 Å². The lowest BCUT2D eigenvalue weighted by Crippen LogP contribution is -2.45. The Labute approximate surface area is 171 Å². The number of nitrogens with one attached hydrogen (secondary N) is 1. The third kappa shape index (κ3) is 4.47. The molecule has 0 fully saturated rings. The van der Waals surface area contributed by atoms with Crippen LogP contribution in [-0.2, 0) is 9.59 Å². The van der Waals surface area contributed by atoms with Crippen LogP contribution in [0.1, 0.15) is 49.0 Å². The average molecular weight is 393 g/mol. The van der Waals surface area contributed by atoms with E-state index in [-0.39, 0.29) is 36.7 Å². The van der Waals surface area contributed by atoms with Crippen molar-refractivity contribution < 1.29 is 14.4 Å². The first-order valence-electron chi connectivity index (χ1n) is 9.84. The lowest BCUT2D eigenvalue weighted by molar-refractivity contribution is -0.119. The van der Waals surface area contributed by atoms with Gasteiger partial charge in [0.05, 0.1) is 11.4 Å². The van der Waals surface area contributed by atoms with Crippen LogP contribution in [0.2, 0.25) is 0 Å². The molecule has 3 rings (SSSR count). The second kappa shape index (κ2) is 8.47. The van der Waals surface area contributed by atoms with Crippen molar-refractivity contribution in [1.82, 2.24) is 4.90 Å². The van der Waals surface area contributed by atoms with E-state index in [9.17, 15) is 14.4 Å². The predicted octanol–water partition coefficient (Wildman–Crippen LogP) is 3.65. The molecule has 0 radical (unpaired) electrons. The number of hydrogen-bond donors (Lipinski definition) is 1. The second-order valence-electron chi connectivity index (χ2n) is 7.82. The highest BCUT2D eigenvalue weighted by Gasteiger charge is 2.30. The van der Waals surface area contributed by atoms with Gasteiger partial charge in [0.1, 0.15) is 6.54 Å². The van der Waals surface area contributed by atoms with Gasteiger partial charge < -0.3 is 15.1 Å². The quantitative estimate of drug-likeness (QED) is 0.862. The fourth-order valence-corrected chi connectivity index (χ4v) is 3.55. The van der Waals surface area contributed by atoms with E-state index < -0.39 is 0 Å². The molecule has 0 unspecified atom stereocenters. The first-order valence-corrected chi connectivity index (χ1v) is 9.84. The SMILES string of the molecule is CC(C)c1ccc(C(=O)N(C)CC(=O)N2c3ccccc3NC(=O)C[C@H]2C)cc1. The van der Waals surface area contributed by atoms with Crippen LogP contribution >= 0.6 is 0 Å². The number of carbonyl (C=O) groups excluding carboxylic acids is 3. The Kier molecular flexibility index (Phi) is 6.01. The molecule has 6 nitrogen and oxygen atoms in total. The van der Waals surface area contributed by atoms with Crippen molar-refractivity contribution in [3.8, 4) is 0 Å². The van der Waals surface area contributed by atoms with Crippen LogP contribution in [0.15, 0.2) is 48.5 Å². The molecule has 1 heterocycles. The van der Waals surface area contributed by atoms with E-state index in [2.05, 4.69) is 19.2 Å². The molecule has 0 spiro atoms. The van der Waals surface area contributed by atoms with E-state index in [0.29, 0.717) is 22.9 Å². The molecule has 0 aromatic heterocycles. The van der Waals surface area contributed by atoms with Crippen LogP contribution in [0.5, 0.6) is 0 Å². The molecule has 3 amide bonds. The van der Waals surface area contributed by atoms with Gasteiger partial charge in [0.25, 0.3) is 5.91 Å². The van der Waals surface area contributed by atoms with Crippen molar-refractivity contribution in [3.05, 3.63) is 59.7 Å². The van der Waals surface area contributed by atoms with Gasteiger partial charge in [0, 0.05) is 25.1 Å². The monoisotopic (exact) mass is 393 g/mol. The molecule has 6 heteroatoms. The van der Waals surface area contributed by atoms with Crippen molar-refractivity contribution in [3.63, 3.8) is 0 Å². The van der Waals surface area contributed by atoms with Crippen molar-refractivity contribution in [2.24, 2.45) is 0 Å². The second-order valence-corrected chi connectivity index (χ2v) is 7.82. The number of rotatable bonds is 4. The van der Waals surface area contributed by atoms with E-state index in [1.165, 1.54) is 4.90 Å². The Morgan fingerprint density at radius 3 is 2.45 bits per heavy atom. The van der Waals surface area contributed by atoms with Crippen LogP contribution in [-0.4, -0.2) is 42.3 Å². The minimum absolute atomic E-state index is 0.0718. The van der Waals surface area contributed by atoms with Gasteiger partial charge >= 0.3 is 0 Å². The van der Waals surface area contributed by atoms with E-state index in [1.54, 1.807) is 30.1 Å². The summed E-state index contributed by atoms with van der Waals surface area (Å²) in [5.74, 6) is -0.177. The van der Waals surface area contributed by atoms with Gasteiger partial charge in [-0.1, -0.05) is 38.1 Å². The van der Waals surface area contributed by atoms with Gasteiger partial charge in [-0.3, -0.25) is 14.4 Å². The molecule has 1 aliphatic rings. The highest BCUT2D eigenvalue weighted by atomic mass is 16.2. The Morgan fingerprint density at radius 2 is 1.79 bits per heavy atom. The smallest absolute Gasteiger partial charge is 0.254 e. The number of hydrogen-bond acceptors (Lipinski definition) is 3. The van der Waals surface area contributed by atoms with E-state index in [1.807, 2.05) is 37.3 Å². The Morgan fingerprint density at radius 1 is 1.14 bits per heavy atom. The fourth-order valence-electron chi connectivity index (χ4n) is 3.55. The van der Waals surface area contributed by atoms with Gasteiger partial charge in [-0.05, 0) is 42.7 Å². The van der Waals surface area contributed by atoms with Crippen molar-refractivity contribution in [2.45, 2.75) is 39.2 Å². The molecule has 29 heavy (non-hydrogen) atoms. The standard InChI is InChI=1S/C23H27N3O3/c1-15(2)17-9-11-18(12-10-17)23(29)25(4)14-22(28)26-16(3)13-21(27)24-19-7-5-6-8-20(19)26/h5-12,15-16H,13-14H2,1-4H3,(H,24,27)/t16-/m1/s1. The summed E-state index contributed by atoms with van der Waals surface area (Å²) in [5, 5.41) is 2.84. The van der Waals surface area contributed by atoms with Crippen molar-refractivity contribution >= 4 is 29.1 Å². The molecule has 152 valence electrons. The molecule has 0 saturated carbocycles. The number of para-hydroxylation sites is 2. The molecule has 1 aliphatic heterocycles. The number of benzene rings is 2. The Bertz CT molecular complexity index is 921. The predicted molar refractivity (Wildman–Crippen MR) is 114 cm³/mol. The third-order valence-corrected chi connectivity index (χ3v) is 5.17. The summed E-state index contributed by atoms with van der Waals surface area (Å²) in [6.45, 7) is 5.96. The summed E-state index contributed by atoms with van der Waals surface area (Å²) in [6, 6.07) is 14.4. The number of carbonyl (C=O) groups is 3. The highest BCUT2D eigenvalue weighted by Crippen LogP contribution is 2.31. The first kappa shape index (κ1) is 20.6. The van der Waals surface area contributed by atoms with Crippen LogP contribution in [0.3, 0.4) is 0 Å². The van der Waals surface area contributed by atoms with E-state index >= 15 is 0 Å². The molecule has 2 aromatic carbocycles. The molecule has 0 saturated heterocycles. The maximum Gasteiger partial charge on any atom is 0.254 e. The summed E-state index contributed by atoms with van der Waals surface area (Å²) in [7, 11) is 1.62. The molecule has 1 N–H and O–H groups in total. The van der Waals surface area contributed by atoms with Crippen molar-refractivity contribution in [1.29, 1.82) is 0 Å². The normalized spacial score (nSPS) is 16.1. The van der Waals surface area contributed by atoms with Crippen molar-refractivity contribution in [2.75, 3.05) is 23.8 Å². The number of nitrogens with zero attached hydrogens (tertiary/aromatic N) is 2. The summed E-state index contributed by atoms with van der Waals surface area (Å²) in [6.07, 6.45) is 0.203. The summed E-state index contributed by atoms with van der Waals surface area (Å²) in [5.41, 5.74) is 2.96. The zero-order chi connectivity index (χ0) is 21.1. The summed E-state index contributed by atoms with van der Waals surface area (Å²) >= 11 is 0. The van der Waals surface area contributed by atoms with Crippen LogP contribution in [0.25, 0.3) is 0 Å². The van der Waals surface area contributed by atoms with Crippen LogP contribution < -0.4 is 10.2 Å². The number of fused-ring (bicyclic) bond motifs is 1. The summed E-state index contributed by atoms with van der Waals surface area (Å²) < 4.78 is 0. The molecule has 1 atom stereocenters. The summed E-state index contributed by atoms with van der Waals surface area (Å²) in [4.78, 5) is 41.0. The largest absolute Gasteiger partial charge is 0.332 e. The number of anilines is 2. The number of likely N-dealkylation sites (N-methyl/N-ethyl adjacent to an activating group) is 1. The molecular weight excluding hydrogens is 366 g/mol. The molecule has 0 bridgehead atoms. The fraction of sp³-hybridized carbons (Fsp3) is 0.348. The average Bonchev–Trinajstić information content (AvgIpc) is 2.81. The lowest BCUT2D eigenvalue weighted by Gasteiger charge is -2.29. The molecular formula is C23H27N3O3. The van der Waals surface area contributed by atoms with Gasteiger partial charge in [0.2, 0.25) is 11.8 Å².